The molecular formula is C20H27N3O2S. The highest BCUT2D eigenvalue weighted by Crippen LogP contribution is 2.34. The van der Waals surface area contributed by atoms with Crippen molar-refractivity contribution in [3.05, 3.63) is 40.9 Å². The Hall–Kier alpha value is -1.76. The van der Waals surface area contributed by atoms with Gasteiger partial charge in [0, 0.05) is 12.7 Å². The summed E-state index contributed by atoms with van der Waals surface area (Å²) in [5.41, 5.74) is 1.65. The van der Waals surface area contributed by atoms with Gasteiger partial charge in [0.2, 0.25) is 5.91 Å². The van der Waals surface area contributed by atoms with Crippen LogP contribution in [0.2, 0.25) is 0 Å². The van der Waals surface area contributed by atoms with Gasteiger partial charge in [0.05, 0.1) is 28.6 Å². The third kappa shape index (κ3) is 3.98. The Bertz CT molecular complexity index is 733. The summed E-state index contributed by atoms with van der Waals surface area (Å²) >= 11 is 1.65. The molecule has 6 heteroatoms. The SMILES string of the molecule is COCC1(C(=O)NC(C)c2sc(-c3ccccc3)nc2C)CCNCC1. The topological polar surface area (TPSA) is 63.2 Å². The molecule has 1 saturated heterocycles. The molecule has 0 radical (unpaired) electrons. The van der Waals surface area contributed by atoms with E-state index in [4.69, 9.17) is 9.72 Å². The number of carbonyl (C=O) groups excluding carboxylic acids is 1. The number of aromatic nitrogens is 1. The van der Waals surface area contributed by atoms with E-state index in [2.05, 4.69) is 22.8 Å². The molecule has 1 aliphatic heterocycles. The van der Waals surface area contributed by atoms with E-state index in [0.29, 0.717) is 6.61 Å². The Labute approximate surface area is 159 Å². The van der Waals surface area contributed by atoms with Crippen molar-refractivity contribution in [3.63, 3.8) is 0 Å². The maximum absolute atomic E-state index is 13.0. The van der Waals surface area contributed by atoms with Crippen LogP contribution in [0.15, 0.2) is 30.3 Å². The van der Waals surface area contributed by atoms with Gasteiger partial charge < -0.3 is 15.4 Å². The Morgan fingerprint density at radius 1 is 1.35 bits per heavy atom. The van der Waals surface area contributed by atoms with Crippen molar-refractivity contribution in [1.82, 2.24) is 15.6 Å². The van der Waals surface area contributed by atoms with Crippen LogP contribution in [0, 0.1) is 12.3 Å². The first-order chi connectivity index (χ1) is 12.6. The lowest BCUT2D eigenvalue weighted by molar-refractivity contribution is -0.136. The third-order valence-electron chi connectivity index (χ3n) is 5.06. The number of nitrogens with one attached hydrogen (secondary N) is 2. The van der Waals surface area contributed by atoms with Crippen LogP contribution in [-0.2, 0) is 9.53 Å². The van der Waals surface area contributed by atoms with Crippen molar-refractivity contribution >= 4 is 17.2 Å². The van der Waals surface area contributed by atoms with Crippen molar-refractivity contribution in [2.75, 3.05) is 26.8 Å². The molecule has 140 valence electrons. The predicted octanol–water partition coefficient (Wildman–Crippen LogP) is 3.31. The quantitative estimate of drug-likeness (QED) is 0.815. The standard InChI is InChI=1S/C20H27N3O2S/c1-14-17(26-18(22-14)16-7-5-4-6-8-16)15(2)23-19(24)20(13-25-3)9-11-21-12-10-20/h4-8,15,21H,9-13H2,1-3H3,(H,23,24). The lowest BCUT2D eigenvalue weighted by Gasteiger charge is -2.36. The number of aryl methyl sites for hydroxylation is 1. The highest BCUT2D eigenvalue weighted by atomic mass is 32.1. The molecule has 1 aliphatic rings. The molecule has 0 aliphatic carbocycles. The largest absolute Gasteiger partial charge is 0.384 e. The number of benzene rings is 1. The fraction of sp³-hybridized carbons (Fsp3) is 0.500. The van der Waals surface area contributed by atoms with Crippen LogP contribution in [0.3, 0.4) is 0 Å². The van der Waals surface area contributed by atoms with Gasteiger partial charge in [-0.05, 0) is 39.8 Å². The first-order valence-corrected chi connectivity index (χ1v) is 9.91. The van der Waals surface area contributed by atoms with Gasteiger partial charge in [-0.1, -0.05) is 30.3 Å². The van der Waals surface area contributed by atoms with Crippen LogP contribution >= 0.6 is 11.3 Å². The molecule has 0 saturated carbocycles. The number of ether oxygens (including phenoxy) is 1. The normalized spacial score (nSPS) is 17.7. The van der Waals surface area contributed by atoms with Crippen LogP contribution in [0.4, 0.5) is 0 Å². The average molecular weight is 374 g/mol. The van der Waals surface area contributed by atoms with Crippen molar-refractivity contribution in [3.8, 4) is 10.6 Å². The zero-order valence-corrected chi connectivity index (χ0v) is 16.5. The third-order valence-corrected chi connectivity index (χ3v) is 6.45. The number of carbonyl (C=O) groups is 1. The summed E-state index contributed by atoms with van der Waals surface area (Å²) in [6.07, 6.45) is 1.60. The fourth-order valence-corrected chi connectivity index (χ4v) is 4.62. The van der Waals surface area contributed by atoms with E-state index in [9.17, 15) is 4.79 Å². The van der Waals surface area contributed by atoms with Gasteiger partial charge in [-0.15, -0.1) is 11.3 Å². The summed E-state index contributed by atoms with van der Waals surface area (Å²) in [5.74, 6) is 0.0856. The van der Waals surface area contributed by atoms with Crippen LogP contribution in [0.1, 0.15) is 36.4 Å². The van der Waals surface area contributed by atoms with E-state index in [0.717, 1.165) is 47.1 Å². The minimum absolute atomic E-state index is 0.0684. The van der Waals surface area contributed by atoms with Crippen molar-refractivity contribution < 1.29 is 9.53 Å². The Kier molecular flexibility index (Phi) is 6.06. The second-order valence-electron chi connectivity index (χ2n) is 6.99. The Balaban J connectivity index is 1.76. The van der Waals surface area contributed by atoms with Gasteiger partial charge in [-0.3, -0.25) is 4.79 Å². The molecule has 2 heterocycles. The summed E-state index contributed by atoms with van der Waals surface area (Å²) in [7, 11) is 1.67. The van der Waals surface area contributed by atoms with E-state index in [1.165, 1.54) is 0 Å². The molecule has 1 aromatic heterocycles. The number of piperidine rings is 1. The van der Waals surface area contributed by atoms with Gasteiger partial charge in [0.1, 0.15) is 5.01 Å². The van der Waals surface area contributed by atoms with E-state index in [-0.39, 0.29) is 11.9 Å². The van der Waals surface area contributed by atoms with Gasteiger partial charge >= 0.3 is 0 Å². The Morgan fingerprint density at radius 3 is 2.69 bits per heavy atom. The van der Waals surface area contributed by atoms with Crippen molar-refractivity contribution in [2.45, 2.75) is 32.7 Å². The Morgan fingerprint density at radius 2 is 2.04 bits per heavy atom. The number of hydrogen-bond donors (Lipinski definition) is 2. The molecule has 1 aromatic carbocycles. The van der Waals surface area contributed by atoms with Crippen LogP contribution in [0.5, 0.6) is 0 Å². The average Bonchev–Trinajstić information content (AvgIpc) is 3.05. The second-order valence-corrected chi connectivity index (χ2v) is 8.02. The maximum Gasteiger partial charge on any atom is 0.229 e. The highest BCUT2D eigenvalue weighted by Gasteiger charge is 2.40. The number of nitrogens with zero attached hydrogens (tertiary/aromatic N) is 1. The highest BCUT2D eigenvalue weighted by molar-refractivity contribution is 7.15. The number of thiazole rings is 1. The zero-order chi connectivity index (χ0) is 18.6. The van der Waals surface area contributed by atoms with E-state index in [1.807, 2.05) is 32.0 Å². The zero-order valence-electron chi connectivity index (χ0n) is 15.7. The summed E-state index contributed by atoms with van der Waals surface area (Å²) in [6.45, 7) is 6.21. The minimum Gasteiger partial charge on any atom is -0.384 e. The summed E-state index contributed by atoms with van der Waals surface area (Å²) in [6, 6.07) is 10.1. The lowest BCUT2D eigenvalue weighted by atomic mass is 9.78. The van der Waals surface area contributed by atoms with Gasteiger partial charge in [0.25, 0.3) is 0 Å². The van der Waals surface area contributed by atoms with Gasteiger partial charge in [-0.25, -0.2) is 4.98 Å². The van der Waals surface area contributed by atoms with Gasteiger partial charge in [-0.2, -0.15) is 0 Å². The van der Waals surface area contributed by atoms with E-state index in [1.54, 1.807) is 18.4 Å². The number of hydrogen-bond acceptors (Lipinski definition) is 5. The first kappa shape index (κ1) is 19.0. The fourth-order valence-electron chi connectivity index (χ4n) is 3.55. The summed E-state index contributed by atoms with van der Waals surface area (Å²) in [5, 5.41) is 7.54. The monoisotopic (exact) mass is 373 g/mol. The van der Waals surface area contributed by atoms with E-state index >= 15 is 0 Å². The van der Waals surface area contributed by atoms with Crippen LogP contribution < -0.4 is 10.6 Å². The number of amides is 1. The first-order valence-electron chi connectivity index (χ1n) is 9.09. The lowest BCUT2D eigenvalue weighted by Crippen LogP contribution is -2.50. The molecular weight excluding hydrogens is 346 g/mol. The van der Waals surface area contributed by atoms with Crippen molar-refractivity contribution in [2.24, 2.45) is 5.41 Å². The number of methoxy groups -OCH3 is 1. The predicted molar refractivity (Wildman–Crippen MR) is 105 cm³/mol. The molecule has 1 atom stereocenters. The maximum atomic E-state index is 13.0. The van der Waals surface area contributed by atoms with Crippen LogP contribution in [-0.4, -0.2) is 37.7 Å². The molecule has 0 spiro atoms. The number of rotatable bonds is 6. The van der Waals surface area contributed by atoms with Crippen LogP contribution in [0.25, 0.3) is 10.6 Å². The molecule has 3 rings (SSSR count). The summed E-state index contributed by atoms with van der Waals surface area (Å²) < 4.78 is 5.38. The van der Waals surface area contributed by atoms with Gasteiger partial charge in [0.15, 0.2) is 0 Å². The second kappa shape index (κ2) is 8.29. The molecule has 1 amide bonds. The molecule has 26 heavy (non-hydrogen) atoms. The molecule has 5 nitrogen and oxygen atoms in total. The molecule has 2 N–H and O–H groups in total. The van der Waals surface area contributed by atoms with Crippen molar-refractivity contribution in [1.29, 1.82) is 0 Å². The molecule has 1 fully saturated rings. The summed E-state index contributed by atoms with van der Waals surface area (Å²) in [4.78, 5) is 18.9. The van der Waals surface area contributed by atoms with E-state index < -0.39 is 5.41 Å². The molecule has 0 bridgehead atoms. The minimum atomic E-state index is -0.435. The molecule has 1 unspecified atom stereocenters. The molecule has 2 aromatic rings. The smallest absolute Gasteiger partial charge is 0.229 e.